The first kappa shape index (κ1) is 20.0. The van der Waals surface area contributed by atoms with Crippen molar-refractivity contribution in [1.82, 2.24) is 20.2 Å². The number of hydrogen-bond donors (Lipinski definition) is 1. The van der Waals surface area contributed by atoms with Crippen molar-refractivity contribution in [3.05, 3.63) is 65.0 Å². The van der Waals surface area contributed by atoms with E-state index in [2.05, 4.69) is 20.3 Å². The number of halogens is 3. The van der Waals surface area contributed by atoms with Gasteiger partial charge in [0.05, 0.1) is 5.56 Å². The Morgan fingerprint density at radius 3 is 2.74 bits per heavy atom. The van der Waals surface area contributed by atoms with E-state index in [9.17, 15) is 18.0 Å². The third kappa shape index (κ3) is 3.37. The molecule has 162 valence electrons. The predicted molar refractivity (Wildman–Crippen MR) is 108 cm³/mol. The van der Waals surface area contributed by atoms with Crippen LogP contribution in [0.4, 0.5) is 13.2 Å². The highest BCUT2D eigenvalue weighted by molar-refractivity contribution is 6.03. The van der Waals surface area contributed by atoms with E-state index < -0.39 is 23.8 Å². The Kier molecular flexibility index (Phi) is 4.73. The van der Waals surface area contributed by atoms with E-state index in [-0.39, 0.29) is 23.2 Å². The number of fused-ring (bicyclic) bond motifs is 4. The highest BCUT2D eigenvalue weighted by atomic mass is 19.4. The Bertz CT molecular complexity index is 1040. The quantitative estimate of drug-likeness (QED) is 0.795. The Balaban J connectivity index is 1.57. The van der Waals surface area contributed by atoms with Gasteiger partial charge in [0, 0.05) is 30.4 Å². The maximum absolute atomic E-state index is 13.5. The van der Waals surface area contributed by atoms with Crippen molar-refractivity contribution in [2.24, 2.45) is 5.10 Å². The average Bonchev–Trinajstić information content (AvgIpc) is 3.13. The van der Waals surface area contributed by atoms with Crippen LogP contribution in [0.15, 0.2) is 47.7 Å². The number of aromatic nitrogens is 1. The van der Waals surface area contributed by atoms with E-state index in [4.69, 9.17) is 0 Å². The third-order valence-electron chi connectivity index (χ3n) is 6.31. The summed E-state index contributed by atoms with van der Waals surface area (Å²) in [5, 5.41) is 9.54. The molecule has 3 aliphatic rings. The molecule has 0 aliphatic carbocycles. The molecule has 2 saturated heterocycles. The van der Waals surface area contributed by atoms with Crippen molar-refractivity contribution in [2.75, 3.05) is 6.54 Å². The summed E-state index contributed by atoms with van der Waals surface area (Å²) in [5.41, 5.74) is -0.233. The van der Waals surface area contributed by atoms with Gasteiger partial charge in [-0.1, -0.05) is 18.6 Å². The fraction of sp³-hybridized carbons (Fsp3) is 0.409. The summed E-state index contributed by atoms with van der Waals surface area (Å²) < 4.78 is 40.2. The van der Waals surface area contributed by atoms with Gasteiger partial charge >= 0.3 is 6.18 Å². The maximum atomic E-state index is 13.5. The number of carbonyl (C=O) groups excluding carboxylic acids is 1. The molecule has 1 amide bonds. The summed E-state index contributed by atoms with van der Waals surface area (Å²) >= 11 is 0. The molecule has 2 aromatic rings. The van der Waals surface area contributed by atoms with Gasteiger partial charge in [-0.15, -0.1) is 5.10 Å². The lowest BCUT2D eigenvalue weighted by atomic mass is 9.91. The first-order valence-corrected chi connectivity index (χ1v) is 10.4. The van der Waals surface area contributed by atoms with Crippen molar-refractivity contribution in [3.8, 4) is 0 Å². The molecule has 9 heteroatoms. The Morgan fingerprint density at radius 1 is 1.16 bits per heavy atom. The molecule has 4 heterocycles. The molecule has 1 aromatic carbocycles. The Labute approximate surface area is 177 Å². The minimum Gasteiger partial charge on any atom is -0.328 e. The zero-order valence-electron chi connectivity index (χ0n) is 16.9. The van der Waals surface area contributed by atoms with Crippen molar-refractivity contribution in [1.29, 1.82) is 0 Å². The lowest BCUT2D eigenvalue weighted by Gasteiger charge is -2.47. The number of amides is 1. The molecule has 3 aliphatic heterocycles. The highest BCUT2D eigenvalue weighted by Crippen LogP contribution is 2.36. The summed E-state index contributed by atoms with van der Waals surface area (Å²) in [6, 6.07) is 9.47. The fourth-order valence-electron chi connectivity index (χ4n) is 4.89. The Morgan fingerprint density at radius 2 is 2.00 bits per heavy atom. The number of hydrogen-bond acceptors (Lipinski definition) is 5. The van der Waals surface area contributed by atoms with Gasteiger partial charge in [-0.3, -0.25) is 9.78 Å². The third-order valence-corrected chi connectivity index (χ3v) is 6.31. The lowest BCUT2D eigenvalue weighted by Crippen LogP contribution is -2.67. The average molecular weight is 429 g/mol. The first-order chi connectivity index (χ1) is 14.8. The van der Waals surface area contributed by atoms with E-state index in [0.717, 1.165) is 25.3 Å². The van der Waals surface area contributed by atoms with E-state index in [1.807, 2.05) is 12.1 Å². The SMILES string of the molecule is Cc1c(C(=O)N2N=C(c3ccccn3)N3CC4CCCC(N4)C32)cccc1C(F)(F)F. The van der Waals surface area contributed by atoms with Crippen molar-refractivity contribution < 1.29 is 18.0 Å². The predicted octanol–water partition coefficient (Wildman–Crippen LogP) is 3.38. The molecular weight excluding hydrogens is 407 g/mol. The summed E-state index contributed by atoms with van der Waals surface area (Å²) in [7, 11) is 0. The zero-order chi connectivity index (χ0) is 21.8. The molecule has 0 spiro atoms. The van der Waals surface area contributed by atoms with Crippen molar-refractivity contribution >= 4 is 11.7 Å². The van der Waals surface area contributed by atoms with Crippen LogP contribution in [-0.4, -0.2) is 51.4 Å². The molecule has 6 nitrogen and oxygen atoms in total. The minimum absolute atomic E-state index is 0.00693. The molecule has 0 saturated carbocycles. The van der Waals surface area contributed by atoms with Crippen LogP contribution in [0.25, 0.3) is 0 Å². The number of pyridine rings is 1. The molecule has 0 radical (unpaired) electrons. The summed E-state index contributed by atoms with van der Waals surface area (Å²) in [6.45, 7) is 2.00. The van der Waals surface area contributed by atoms with E-state index in [1.165, 1.54) is 24.1 Å². The number of piperidine rings is 1. The second kappa shape index (κ2) is 7.33. The largest absolute Gasteiger partial charge is 0.416 e. The minimum atomic E-state index is -4.53. The molecule has 3 atom stereocenters. The van der Waals surface area contributed by atoms with Crippen LogP contribution in [0.2, 0.25) is 0 Å². The molecule has 2 fully saturated rings. The van der Waals surface area contributed by atoms with Crippen molar-refractivity contribution in [3.63, 3.8) is 0 Å². The molecule has 1 N–H and O–H groups in total. The monoisotopic (exact) mass is 429 g/mol. The van der Waals surface area contributed by atoms with E-state index in [0.29, 0.717) is 18.1 Å². The smallest absolute Gasteiger partial charge is 0.328 e. The van der Waals surface area contributed by atoms with Gasteiger partial charge in [-0.05, 0) is 49.6 Å². The summed E-state index contributed by atoms with van der Waals surface area (Å²) in [6.07, 6.45) is -0.310. The molecule has 3 unspecified atom stereocenters. The number of carbonyl (C=O) groups is 1. The Hall–Kier alpha value is -2.94. The maximum Gasteiger partial charge on any atom is 0.416 e. The van der Waals surface area contributed by atoms with Crippen LogP contribution < -0.4 is 5.32 Å². The topological polar surface area (TPSA) is 60.8 Å². The standard InChI is InChI=1S/C22H22F3N5O/c1-13-15(7-5-8-16(13)22(23,24)25)21(31)30-20-18-10-4-6-14(27-18)12-29(20)19(28-30)17-9-2-3-11-26-17/h2-3,5,7-9,11,14,18,20,27H,4,6,10,12H2,1H3. The molecular formula is C22H22F3N5O. The van der Waals surface area contributed by atoms with Crippen molar-refractivity contribution in [2.45, 2.75) is 50.6 Å². The van der Waals surface area contributed by atoms with Gasteiger partial charge in [-0.2, -0.15) is 13.2 Å². The summed E-state index contributed by atoms with van der Waals surface area (Å²) in [4.78, 5) is 20.0. The second-order valence-corrected chi connectivity index (χ2v) is 8.23. The van der Waals surface area contributed by atoms with Gasteiger partial charge in [0.15, 0.2) is 5.84 Å². The fourth-order valence-corrected chi connectivity index (χ4v) is 4.89. The second-order valence-electron chi connectivity index (χ2n) is 8.23. The number of nitrogens with one attached hydrogen (secondary N) is 1. The number of rotatable bonds is 2. The van der Waals surface area contributed by atoms with Gasteiger partial charge in [0.25, 0.3) is 5.91 Å². The van der Waals surface area contributed by atoms with Crippen LogP contribution in [0, 0.1) is 6.92 Å². The van der Waals surface area contributed by atoms with E-state index in [1.54, 1.807) is 12.3 Å². The number of amidine groups is 1. The van der Waals surface area contributed by atoms with Gasteiger partial charge in [0.1, 0.15) is 11.9 Å². The number of benzene rings is 1. The number of hydrazone groups is 1. The van der Waals surface area contributed by atoms with Gasteiger partial charge in [-0.25, -0.2) is 5.01 Å². The lowest BCUT2D eigenvalue weighted by molar-refractivity contribution is -0.138. The molecule has 31 heavy (non-hydrogen) atoms. The number of nitrogens with zero attached hydrogens (tertiary/aromatic N) is 4. The van der Waals surface area contributed by atoms with Crippen LogP contribution in [0.3, 0.4) is 0 Å². The van der Waals surface area contributed by atoms with Gasteiger partial charge in [0.2, 0.25) is 0 Å². The molecule has 2 bridgehead atoms. The molecule has 1 aromatic heterocycles. The summed E-state index contributed by atoms with van der Waals surface area (Å²) in [5.74, 6) is 0.0531. The van der Waals surface area contributed by atoms with Crippen LogP contribution >= 0.6 is 0 Å². The normalized spacial score (nSPS) is 25.3. The highest BCUT2D eigenvalue weighted by Gasteiger charge is 2.49. The van der Waals surface area contributed by atoms with Crippen LogP contribution in [0.1, 0.15) is 46.4 Å². The first-order valence-electron chi connectivity index (χ1n) is 10.4. The zero-order valence-corrected chi connectivity index (χ0v) is 16.9. The van der Waals surface area contributed by atoms with Crippen LogP contribution in [-0.2, 0) is 6.18 Å². The van der Waals surface area contributed by atoms with E-state index >= 15 is 0 Å². The number of piperazine rings is 1. The van der Waals surface area contributed by atoms with Crippen LogP contribution in [0.5, 0.6) is 0 Å². The number of alkyl halides is 3. The molecule has 5 rings (SSSR count). The van der Waals surface area contributed by atoms with Gasteiger partial charge < -0.3 is 10.2 Å².